The summed E-state index contributed by atoms with van der Waals surface area (Å²) in [6.45, 7) is 3.03. The molecule has 1 aromatic rings. The first-order valence-electron chi connectivity index (χ1n) is 7.27. The molecule has 0 spiro atoms. The molecule has 3 N–H and O–H groups in total. The van der Waals surface area contributed by atoms with E-state index < -0.39 is 16.6 Å². The first-order valence-corrected chi connectivity index (χ1v) is 7.27. The number of nitro groups is 1. The van der Waals surface area contributed by atoms with Crippen LogP contribution in [0.1, 0.15) is 20.3 Å². The van der Waals surface area contributed by atoms with Crippen molar-refractivity contribution in [2.24, 2.45) is 10.3 Å². The first-order chi connectivity index (χ1) is 11.9. The van der Waals surface area contributed by atoms with Gasteiger partial charge in [-0.25, -0.2) is 4.57 Å². The topological polar surface area (TPSA) is 184 Å². The molecule has 138 valence electrons. The van der Waals surface area contributed by atoms with Gasteiger partial charge in [0.2, 0.25) is 0 Å². The molecule has 0 fully saturated rings. The predicted molar refractivity (Wildman–Crippen MR) is 85.9 cm³/mol. The molecule has 0 aromatic carbocycles. The highest BCUT2D eigenvalue weighted by Gasteiger charge is 2.28. The van der Waals surface area contributed by atoms with Gasteiger partial charge >= 0.3 is 5.95 Å². The zero-order valence-electron chi connectivity index (χ0n) is 13.8. The molecule has 1 heterocycles. The molecule has 0 radical (unpaired) electrons. The summed E-state index contributed by atoms with van der Waals surface area (Å²) in [6.07, 6.45) is 2.16. The largest absolute Gasteiger partial charge is 0.434 e. The molecule has 0 aliphatic rings. The van der Waals surface area contributed by atoms with E-state index in [1.54, 1.807) is 13.8 Å². The molecule has 25 heavy (non-hydrogen) atoms. The van der Waals surface area contributed by atoms with Crippen molar-refractivity contribution in [1.82, 2.24) is 15.0 Å². The molecule has 0 bridgehead atoms. The normalized spacial score (nSPS) is 13.3. The van der Waals surface area contributed by atoms with Crippen molar-refractivity contribution >= 4 is 11.7 Å². The average Bonchev–Trinajstić information content (AvgIpc) is 3.04. The SMILES string of the molecule is CC(C)(NOC(CO)CN=[N+]=[N-])C(CCn1ccnc1[N+](=O)[O-])=NO. The summed E-state index contributed by atoms with van der Waals surface area (Å²) < 4.78 is 1.32. The van der Waals surface area contributed by atoms with Gasteiger partial charge in [0, 0.05) is 11.3 Å². The third kappa shape index (κ3) is 6.00. The van der Waals surface area contributed by atoms with Gasteiger partial charge in [0.1, 0.15) is 18.5 Å². The van der Waals surface area contributed by atoms with Gasteiger partial charge in [-0.2, -0.15) is 5.48 Å². The van der Waals surface area contributed by atoms with Crippen molar-refractivity contribution in [3.63, 3.8) is 0 Å². The second kappa shape index (κ2) is 9.54. The summed E-state index contributed by atoms with van der Waals surface area (Å²) in [5.74, 6) is -0.311. The molecule has 0 saturated heterocycles. The van der Waals surface area contributed by atoms with E-state index >= 15 is 0 Å². The van der Waals surface area contributed by atoms with Gasteiger partial charge < -0.3 is 20.4 Å². The quantitative estimate of drug-likeness (QED) is 0.100. The van der Waals surface area contributed by atoms with Gasteiger partial charge in [0.25, 0.3) is 0 Å². The van der Waals surface area contributed by atoms with E-state index in [1.807, 2.05) is 0 Å². The van der Waals surface area contributed by atoms with Crippen LogP contribution in [0.5, 0.6) is 0 Å². The Morgan fingerprint density at radius 1 is 1.68 bits per heavy atom. The van der Waals surface area contributed by atoms with Crippen molar-refractivity contribution in [2.45, 2.75) is 38.5 Å². The Hall–Kier alpha value is -2.73. The fraction of sp³-hybridized carbons (Fsp3) is 0.667. The number of oxime groups is 1. The maximum atomic E-state index is 10.8. The summed E-state index contributed by atoms with van der Waals surface area (Å²) in [7, 11) is 0. The number of nitrogens with one attached hydrogen (secondary N) is 1. The van der Waals surface area contributed by atoms with Crippen LogP contribution < -0.4 is 5.48 Å². The number of aliphatic hydroxyl groups excluding tert-OH is 1. The summed E-state index contributed by atoms with van der Waals surface area (Å²) in [5, 5.41) is 35.8. The molecule has 1 aromatic heterocycles. The Balaban J connectivity index is 2.68. The standard InChI is InChI=1S/C12H20N8O5/c1-12(2,17-25-9(8-21)7-15-18-13)10(16-22)3-5-19-6-4-14-11(19)20(23)24/h4,6,9,17,21-22H,3,5,7-8H2,1-2H3. The van der Waals surface area contributed by atoms with Gasteiger partial charge in [-0.15, -0.1) is 0 Å². The number of aromatic nitrogens is 2. The number of hydrogen-bond acceptors (Lipinski definition) is 9. The Morgan fingerprint density at radius 2 is 2.40 bits per heavy atom. The highest BCUT2D eigenvalue weighted by atomic mass is 16.7. The first kappa shape index (κ1) is 20.3. The van der Waals surface area contributed by atoms with Crippen molar-refractivity contribution < 1.29 is 20.1 Å². The minimum atomic E-state index is -0.951. The van der Waals surface area contributed by atoms with Gasteiger partial charge in [0.05, 0.1) is 30.9 Å². The molecule has 0 aliphatic heterocycles. The summed E-state index contributed by atoms with van der Waals surface area (Å²) in [4.78, 5) is 21.7. The van der Waals surface area contributed by atoms with Crippen molar-refractivity contribution in [3.05, 3.63) is 33.0 Å². The smallest absolute Gasteiger partial charge is 0.411 e. The average molecular weight is 356 g/mol. The molecule has 13 nitrogen and oxygen atoms in total. The predicted octanol–water partition coefficient (Wildman–Crippen LogP) is 0.983. The molecule has 1 atom stereocenters. The van der Waals surface area contributed by atoms with Crippen LogP contribution in [0.3, 0.4) is 0 Å². The number of azide groups is 1. The van der Waals surface area contributed by atoms with Gasteiger partial charge in [-0.3, -0.25) is 4.84 Å². The Morgan fingerprint density at radius 3 is 2.96 bits per heavy atom. The Kier molecular flexibility index (Phi) is 7.75. The molecule has 0 saturated carbocycles. The molecule has 13 heteroatoms. The highest BCUT2D eigenvalue weighted by molar-refractivity contribution is 5.92. The van der Waals surface area contributed by atoms with Crippen LogP contribution in [0.25, 0.3) is 10.4 Å². The minimum absolute atomic E-state index is 0.0804. The molecule has 0 amide bonds. The van der Waals surface area contributed by atoms with Crippen LogP contribution in [0.4, 0.5) is 5.95 Å². The lowest BCUT2D eigenvalue weighted by molar-refractivity contribution is -0.396. The van der Waals surface area contributed by atoms with Crippen LogP contribution in [0, 0.1) is 10.1 Å². The fourth-order valence-corrected chi connectivity index (χ4v) is 1.91. The third-order valence-electron chi connectivity index (χ3n) is 3.32. The summed E-state index contributed by atoms with van der Waals surface area (Å²) in [6, 6.07) is 0. The second-order valence-corrected chi connectivity index (χ2v) is 5.54. The zero-order chi connectivity index (χ0) is 18.9. The van der Waals surface area contributed by atoms with Crippen LogP contribution in [0.15, 0.2) is 22.7 Å². The molecule has 1 rings (SSSR count). The van der Waals surface area contributed by atoms with Crippen molar-refractivity contribution in [2.75, 3.05) is 13.2 Å². The molecular weight excluding hydrogens is 336 g/mol. The van der Waals surface area contributed by atoms with E-state index in [2.05, 4.69) is 25.6 Å². The fourth-order valence-electron chi connectivity index (χ4n) is 1.91. The van der Waals surface area contributed by atoms with E-state index in [0.29, 0.717) is 0 Å². The Labute approximate surface area is 142 Å². The number of nitrogens with zero attached hydrogens (tertiary/aromatic N) is 7. The van der Waals surface area contributed by atoms with Crippen LogP contribution >= 0.6 is 0 Å². The van der Waals surface area contributed by atoms with E-state index in [1.165, 1.54) is 17.0 Å². The van der Waals surface area contributed by atoms with Crippen LogP contribution in [-0.4, -0.2) is 55.3 Å². The second-order valence-electron chi connectivity index (χ2n) is 5.54. The molecular formula is C12H20N8O5. The zero-order valence-corrected chi connectivity index (χ0v) is 13.8. The maximum absolute atomic E-state index is 10.8. The van der Waals surface area contributed by atoms with E-state index in [4.69, 9.17) is 15.5 Å². The van der Waals surface area contributed by atoms with E-state index in [9.17, 15) is 15.3 Å². The molecule has 1 unspecified atom stereocenters. The summed E-state index contributed by atoms with van der Waals surface area (Å²) in [5.41, 5.74) is 10.2. The number of imidazole rings is 1. The number of rotatable bonds is 11. The number of hydroxylamine groups is 1. The lowest BCUT2D eigenvalue weighted by atomic mass is 9.97. The number of aliphatic hydroxyl groups is 1. The number of aryl methyl sites for hydroxylation is 1. The summed E-state index contributed by atoms with van der Waals surface area (Å²) >= 11 is 0. The van der Waals surface area contributed by atoms with Crippen LogP contribution in [0.2, 0.25) is 0 Å². The molecule has 0 aliphatic carbocycles. The lowest BCUT2D eigenvalue weighted by Gasteiger charge is -2.28. The van der Waals surface area contributed by atoms with Gasteiger partial charge in [0.15, 0.2) is 0 Å². The van der Waals surface area contributed by atoms with E-state index in [0.717, 1.165) is 0 Å². The minimum Gasteiger partial charge on any atom is -0.411 e. The lowest BCUT2D eigenvalue weighted by Crippen LogP contribution is -2.49. The van der Waals surface area contributed by atoms with Crippen LogP contribution in [-0.2, 0) is 11.4 Å². The van der Waals surface area contributed by atoms with E-state index in [-0.39, 0.29) is 37.8 Å². The van der Waals surface area contributed by atoms with Crippen molar-refractivity contribution in [1.29, 1.82) is 0 Å². The highest BCUT2D eigenvalue weighted by Crippen LogP contribution is 2.14. The maximum Gasteiger partial charge on any atom is 0.434 e. The third-order valence-corrected chi connectivity index (χ3v) is 3.32. The monoisotopic (exact) mass is 356 g/mol. The Bertz CT molecular complexity index is 652. The number of hydrogen-bond donors (Lipinski definition) is 3. The van der Waals surface area contributed by atoms with Crippen molar-refractivity contribution in [3.8, 4) is 0 Å². The van der Waals surface area contributed by atoms with Gasteiger partial charge in [-0.05, 0) is 24.3 Å². The van der Waals surface area contributed by atoms with Gasteiger partial charge in [-0.1, -0.05) is 15.3 Å².